The minimum Gasteiger partial charge on any atom is -0.446 e. The van der Waals surface area contributed by atoms with Crippen LogP contribution >= 0.6 is 10.5 Å². The molecule has 0 aliphatic heterocycles. The molecule has 2 unspecified atom stereocenters. The van der Waals surface area contributed by atoms with E-state index in [1.807, 2.05) is 32.2 Å². The first-order valence-electron chi connectivity index (χ1n) is 9.03. The van der Waals surface area contributed by atoms with Gasteiger partial charge in [0.1, 0.15) is 5.76 Å². The Hall–Kier alpha value is -2.66. The van der Waals surface area contributed by atoms with Crippen molar-refractivity contribution < 1.29 is 13.4 Å². The average Bonchev–Trinajstić information content (AvgIpc) is 3.27. The zero-order chi connectivity index (χ0) is 21.0. The average molecular weight is 436 g/mol. The molecule has 3 heterocycles. The molecule has 3 rings (SSSR count). The van der Waals surface area contributed by atoms with E-state index < -0.39 is 21.3 Å². The van der Waals surface area contributed by atoms with Gasteiger partial charge >= 0.3 is 11.2 Å². The predicted octanol–water partition coefficient (Wildman–Crippen LogP) is 2.88. The number of aryl methyl sites for hydroxylation is 3. The predicted molar refractivity (Wildman–Crippen MR) is 112 cm³/mol. The molecule has 0 bridgehead atoms. The van der Waals surface area contributed by atoms with E-state index in [-0.39, 0.29) is 11.2 Å². The highest BCUT2D eigenvalue weighted by Crippen LogP contribution is 2.38. The van der Waals surface area contributed by atoms with Crippen molar-refractivity contribution in [1.82, 2.24) is 25.3 Å². The van der Waals surface area contributed by atoms with E-state index >= 15 is 0 Å². The van der Waals surface area contributed by atoms with Crippen molar-refractivity contribution in [3.63, 3.8) is 0 Å². The maximum absolute atomic E-state index is 12.3. The Morgan fingerprint density at radius 3 is 2.72 bits per heavy atom. The molecule has 154 valence electrons. The maximum Gasteiger partial charge on any atom is 0.355 e. The Balaban J connectivity index is 1.69. The van der Waals surface area contributed by atoms with Crippen LogP contribution in [0, 0.1) is 13.8 Å². The maximum atomic E-state index is 12.3. The summed E-state index contributed by atoms with van der Waals surface area (Å²) < 4.78 is 17.3. The van der Waals surface area contributed by atoms with Gasteiger partial charge in [-0.1, -0.05) is 6.92 Å². The van der Waals surface area contributed by atoms with Gasteiger partial charge in [-0.25, -0.2) is 20.1 Å². The fraction of sp³-hybridized carbons (Fsp3) is 0.389. The monoisotopic (exact) mass is 435 g/mol. The fourth-order valence-corrected chi connectivity index (χ4v) is 4.82. The van der Waals surface area contributed by atoms with Gasteiger partial charge < -0.3 is 9.73 Å². The van der Waals surface area contributed by atoms with E-state index in [1.54, 1.807) is 6.20 Å². The van der Waals surface area contributed by atoms with E-state index in [1.165, 1.54) is 6.26 Å². The van der Waals surface area contributed by atoms with Gasteiger partial charge in [-0.3, -0.25) is 4.21 Å². The molecule has 29 heavy (non-hydrogen) atoms. The molecule has 0 aliphatic rings. The van der Waals surface area contributed by atoms with Crippen LogP contribution in [0.25, 0.3) is 5.03 Å². The van der Waals surface area contributed by atoms with Crippen molar-refractivity contribution in [3.8, 4) is 5.03 Å². The van der Waals surface area contributed by atoms with E-state index in [0.29, 0.717) is 34.7 Å². The summed E-state index contributed by atoms with van der Waals surface area (Å²) in [5.41, 5.74) is 1.50. The van der Waals surface area contributed by atoms with Crippen LogP contribution in [0.1, 0.15) is 30.0 Å². The highest BCUT2D eigenvalue weighted by molar-refractivity contribution is 7.84. The number of nitrogens with one attached hydrogen (secondary N) is 2. The Kier molecular flexibility index (Phi) is 6.70. The SMILES string of the molecule is CCc1cnc(CCNC(=O)Nc2nc(C)c[s+]2-c2cc(C)nc(S(C)=O)n2)o1. The summed E-state index contributed by atoms with van der Waals surface area (Å²) in [7, 11) is -1.95. The molecule has 3 aromatic heterocycles. The normalized spacial score (nSPS) is 12.6. The van der Waals surface area contributed by atoms with Gasteiger partial charge in [0, 0.05) is 37.4 Å². The van der Waals surface area contributed by atoms with Gasteiger partial charge in [0.25, 0.3) is 5.03 Å². The van der Waals surface area contributed by atoms with Gasteiger partial charge in [0.05, 0.1) is 33.2 Å². The molecule has 0 spiro atoms. The smallest absolute Gasteiger partial charge is 0.355 e. The van der Waals surface area contributed by atoms with Crippen LogP contribution in [0.5, 0.6) is 0 Å². The lowest BCUT2D eigenvalue weighted by molar-refractivity contribution is 0.252. The first-order chi connectivity index (χ1) is 13.9. The molecule has 11 heteroatoms. The molecule has 0 saturated carbocycles. The van der Waals surface area contributed by atoms with Crippen molar-refractivity contribution in [2.75, 3.05) is 18.1 Å². The molecule has 2 N–H and O–H groups in total. The van der Waals surface area contributed by atoms with Crippen LogP contribution < -0.4 is 10.6 Å². The van der Waals surface area contributed by atoms with E-state index in [2.05, 4.69) is 30.6 Å². The lowest BCUT2D eigenvalue weighted by Gasteiger charge is -2.03. The number of thiazole rings is 1. The summed E-state index contributed by atoms with van der Waals surface area (Å²) in [5, 5.41) is 8.95. The van der Waals surface area contributed by atoms with Crippen LogP contribution in [0.2, 0.25) is 0 Å². The van der Waals surface area contributed by atoms with Crippen molar-refractivity contribution >= 4 is 32.4 Å². The molecule has 0 radical (unpaired) electrons. The van der Waals surface area contributed by atoms with Crippen LogP contribution in [0.15, 0.2) is 27.2 Å². The molecular weight excluding hydrogens is 412 g/mol. The quantitative estimate of drug-likeness (QED) is 0.432. The molecule has 3 aromatic rings. The lowest BCUT2D eigenvalue weighted by Crippen LogP contribution is -2.30. The standard InChI is InChI=1S/C18H22N6O3S2/c1-5-13-9-20-14(27-13)6-7-19-16(25)24-18-22-12(3)10-29(18)15-8-11(2)21-17(23-15)28(4)26/h8-10H,5-7H2,1-4H3,(H-,19,22,24,25)/p+1. The number of nitrogens with zero attached hydrogens (tertiary/aromatic N) is 4. The van der Waals surface area contributed by atoms with Crippen LogP contribution in [0.3, 0.4) is 0 Å². The number of aromatic nitrogens is 4. The van der Waals surface area contributed by atoms with Crippen LogP contribution in [-0.2, 0) is 23.6 Å². The lowest BCUT2D eigenvalue weighted by atomic mass is 10.4. The van der Waals surface area contributed by atoms with Crippen molar-refractivity contribution in [2.24, 2.45) is 0 Å². The van der Waals surface area contributed by atoms with Gasteiger partial charge in [-0.2, -0.15) is 9.97 Å². The van der Waals surface area contributed by atoms with Gasteiger partial charge in [-0.15, -0.1) is 0 Å². The van der Waals surface area contributed by atoms with Gasteiger partial charge in [-0.05, 0) is 13.8 Å². The number of rotatable bonds is 7. The third-order valence-corrected chi connectivity index (χ3v) is 6.41. The van der Waals surface area contributed by atoms with E-state index in [0.717, 1.165) is 17.9 Å². The zero-order valence-corrected chi connectivity index (χ0v) is 18.3. The van der Waals surface area contributed by atoms with E-state index in [4.69, 9.17) is 4.42 Å². The summed E-state index contributed by atoms with van der Waals surface area (Å²) in [6.07, 6.45) is 4.52. The van der Waals surface area contributed by atoms with Crippen LogP contribution in [-0.4, -0.2) is 43.0 Å². The highest BCUT2D eigenvalue weighted by atomic mass is 32.2. The minimum atomic E-state index is -1.29. The van der Waals surface area contributed by atoms with Gasteiger partial charge in [0.15, 0.2) is 11.3 Å². The second-order valence-electron chi connectivity index (χ2n) is 6.30. The first kappa shape index (κ1) is 21.1. The number of urea groups is 1. The van der Waals surface area contributed by atoms with Gasteiger partial charge in [0.2, 0.25) is 5.16 Å². The fourth-order valence-electron chi connectivity index (χ4n) is 2.51. The Labute approximate surface area is 173 Å². The first-order valence-corrected chi connectivity index (χ1v) is 11.9. The molecule has 0 aromatic carbocycles. The van der Waals surface area contributed by atoms with E-state index in [9.17, 15) is 9.00 Å². The number of carbonyl (C=O) groups is 1. The number of hydrogen-bond donors (Lipinski definition) is 2. The van der Waals surface area contributed by atoms with Crippen molar-refractivity contribution in [1.29, 1.82) is 0 Å². The second-order valence-corrected chi connectivity index (χ2v) is 9.29. The Bertz CT molecular complexity index is 1050. The highest BCUT2D eigenvalue weighted by Gasteiger charge is 2.25. The second kappa shape index (κ2) is 9.23. The Morgan fingerprint density at radius 2 is 2.03 bits per heavy atom. The summed E-state index contributed by atoms with van der Waals surface area (Å²) in [6.45, 7) is 6.05. The Morgan fingerprint density at radius 1 is 1.24 bits per heavy atom. The number of carbonyl (C=O) groups excluding carboxylic acids is 1. The zero-order valence-electron chi connectivity index (χ0n) is 16.7. The van der Waals surface area contributed by atoms with Crippen molar-refractivity contribution in [2.45, 2.75) is 38.8 Å². The third kappa shape index (κ3) is 5.45. The molecule has 0 fully saturated rings. The molecule has 2 atom stereocenters. The molecular formula is C18H23N6O3S2+. The number of amides is 2. The summed E-state index contributed by atoms with van der Waals surface area (Å²) >= 11 is 0. The molecule has 9 nitrogen and oxygen atoms in total. The topological polar surface area (TPSA) is 123 Å². The number of hydrogen-bond acceptors (Lipinski definition) is 7. The minimum absolute atomic E-state index is 0.270. The number of anilines is 1. The van der Waals surface area contributed by atoms with Crippen LogP contribution in [0.4, 0.5) is 9.93 Å². The summed E-state index contributed by atoms with van der Waals surface area (Å²) in [6, 6.07) is 1.45. The third-order valence-electron chi connectivity index (χ3n) is 3.86. The number of oxazole rings is 1. The summed E-state index contributed by atoms with van der Waals surface area (Å²) in [4.78, 5) is 29.5. The van der Waals surface area contributed by atoms with Crippen molar-refractivity contribution in [3.05, 3.63) is 40.7 Å². The summed E-state index contributed by atoms with van der Waals surface area (Å²) in [5.74, 6) is 1.41. The molecule has 0 saturated heterocycles. The largest absolute Gasteiger partial charge is 0.446 e. The molecule has 2 amide bonds. The molecule has 0 aliphatic carbocycles.